The highest BCUT2D eigenvalue weighted by molar-refractivity contribution is 5.81. The van der Waals surface area contributed by atoms with Gasteiger partial charge >= 0.3 is 0 Å². The number of hydrogen-bond acceptors (Lipinski definition) is 3. The first kappa shape index (κ1) is 8.38. The van der Waals surface area contributed by atoms with Crippen LogP contribution in [0.15, 0.2) is 17.3 Å². The van der Waals surface area contributed by atoms with Crippen molar-refractivity contribution in [3.8, 4) is 12.3 Å². The number of aromatic nitrogens is 3. The third-order valence-electron chi connectivity index (χ3n) is 2.04. The average molecular weight is 188 g/mol. The number of terminal acetylenes is 1. The van der Waals surface area contributed by atoms with E-state index in [2.05, 4.69) is 10.9 Å². The van der Waals surface area contributed by atoms with E-state index < -0.39 is 0 Å². The van der Waals surface area contributed by atoms with Crippen LogP contribution in [0, 0.1) is 12.3 Å². The Bertz CT molecular complexity index is 600. The molecule has 2 aromatic rings. The summed E-state index contributed by atoms with van der Waals surface area (Å²) in [5.41, 5.74) is 1.11. The molecule has 0 saturated carbocycles. The first-order valence-corrected chi connectivity index (χ1v) is 3.93. The minimum atomic E-state index is -0.209. The highest BCUT2D eigenvalue weighted by Crippen LogP contribution is 2.11. The van der Waals surface area contributed by atoms with E-state index in [4.69, 9.17) is 12.3 Å². The van der Waals surface area contributed by atoms with Crippen LogP contribution in [-0.4, -0.2) is 14.2 Å². The van der Waals surface area contributed by atoms with Crippen LogP contribution in [0.5, 0.6) is 0 Å². The van der Waals surface area contributed by atoms with E-state index in [0.717, 1.165) is 0 Å². The molecule has 0 aromatic carbocycles. The van der Waals surface area contributed by atoms with Crippen LogP contribution in [0.4, 0.5) is 0 Å². The number of aryl methyl sites for hydroxylation is 1. The van der Waals surface area contributed by atoms with Crippen molar-refractivity contribution in [1.82, 2.24) is 14.2 Å². The Morgan fingerprint density at radius 2 is 2.36 bits per heavy atom. The van der Waals surface area contributed by atoms with Crippen LogP contribution in [0.2, 0.25) is 0 Å². The van der Waals surface area contributed by atoms with Gasteiger partial charge in [0.1, 0.15) is 5.52 Å². The molecule has 70 valence electrons. The van der Waals surface area contributed by atoms with Gasteiger partial charge in [0.05, 0.1) is 11.9 Å². The number of nitrogens with zero attached hydrogens (tertiary/aromatic N) is 3. The molecule has 2 N–H and O–H groups in total. The van der Waals surface area contributed by atoms with Gasteiger partial charge in [0, 0.05) is 13.2 Å². The summed E-state index contributed by atoms with van der Waals surface area (Å²) in [6.45, 7) is 0. The maximum Gasteiger partial charge on any atom is 0.279 e. The smallest absolute Gasteiger partial charge is 0.279 e. The number of nitrogens with two attached hydrogens (primary N) is 1. The van der Waals surface area contributed by atoms with Gasteiger partial charge in [-0.3, -0.25) is 9.47 Å². The number of nitrogen functional groups attached to an aromatic ring is 1. The van der Waals surface area contributed by atoms with E-state index in [1.165, 1.54) is 21.8 Å². The Morgan fingerprint density at radius 1 is 1.64 bits per heavy atom. The summed E-state index contributed by atoms with van der Waals surface area (Å²) in [6, 6.07) is 0. The highest BCUT2D eigenvalue weighted by atomic mass is 16.1. The van der Waals surface area contributed by atoms with Gasteiger partial charge < -0.3 is 10.4 Å². The average Bonchev–Trinajstić information content (AvgIpc) is 2.49. The molecule has 0 spiro atoms. The molecule has 0 aliphatic heterocycles. The van der Waals surface area contributed by atoms with Crippen molar-refractivity contribution in [3.05, 3.63) is 28.4 Å². The highest BCUT2D eigenvalue weighted by Gasteiger charge is 2.10. The van der Waals surface area contributed by atoms with Crippen LogP contribution in [-0.2, 0) is 7.05 Å². The fourth-order valence-corrected chi connectivity index (χ4v) is 1.33. The van der Waals surface area contributed by atoms with E-state index in [1.807, 2.05) is 0 Å². The maximum absolute atomic E-state index is 11.6. The van der Waals surface area contributed by atoms with Crippen molar-refractivity contribution in [1.29, 1.82) is 0 Å². The summed E-state index contributed by atoms with van der Waals surface area (Å²) in [4.78, 5) is 15.7. The lowest BCUT2D eigenvalue weighted by atomic mass is 10.3. The summed E-state index contributed by atoms with van der Waals surface area (Å²) in [7, 11) is 1.61. The minimum Gasteiger partial charge on any atom is -0.339 e. The fourth-order valence-electron chi connectivity index (χ4n) is 1.33. The molecule has 0 radical (unpaired) electrons. The second-order valence-electron chi connectivity index (χ2n) is 2.95. The largest absolute Gasteiger partial charge is 0.339 e. The summed E-state index contributed by atoms with van der Waals surface area (Å²) in [5, 5.41) is 0. The van der Waals surface area contributed by atoms with Crippen molar-refractivity contribution in [3.63, 3.8) is 0 Å². The Labute approximate surface area is 79.7 Å². The monoisotopic (exact) mass is 188 g/mol. The molecular formula is C9H8N4O. The summed E-state index contributed by atoms with van der Waals surface area (Å²) < 4.78 is 2.56. The molecular weight excluding hydrogens is 180 g/mol. The Morgan fingerprint density at radius 3 is 3.00 bits per heavy atom. The SMILES string of the molecule is C#Cc1cn(N)c2c(=O)n(C)cnc12. The van der Waals surface area contributed by atoms with Crippen LogP contribution >= 0.6 is 0 Å². The van der Waals surface area contributed by atoms with Gasteiger partial charge in [-0.25, -0.2) is 4.98 Å². The molecule has 2 rings (SSSR count). The second kappa shape index (κ2) is 2.64. The van der Waals surface area contributed by atoms with Crippen molar-refractivity contribution < 1.29 is 0 Å². The molecule has 0 aliphatic rings. The van der Waals surface area contributed by atoms with Crippen LogP contribution < -0.4 is 11.4 Å². The van der Waals surface area contributed by atoms with Gasteiger partial charge in [-0.15, -0.1) is 6.42 Å². The molecule has 0 aliphatic carbocycles. The molecule has 2 heterocycles. The molecule has 0 bridgehead atoms. The topological polar surface area (TPSA) is 65.8 Å². The van der Waals surface area contributed by atoms with Crippen molar-refractivity contribution in [2.75, 3.05) is 5.84 Å². The van der Waals surface area contributed by atoms with Crippen molar-refractivity contribution >= 4 is 11.0 Å². The molecule has 0 fully saturated rings. The predicted octanol–water partition coefficient (Wildman–Crippen LogP) is -0.570. The molecule has 0 amide bonds. The van der Waals surface area contributed by atoms with Gasteiger partial charge in [-0.05, 0) is 0 Å². The summed E-state index contributed by atoms with van der Waals surface area (Å²) in [6.07, 6.45) is 8.18. The molecule has 0 saturated heterocycles. The number of fused-ring (bicyclic) bond motifs is 1. The van der Waals surface area contributed by atoms with Gasteiger partial charge in [0.2, 0.25) is 0 Å². The standard InChI is InChI=1S/C9H8N4O/c1-3-6-4-13(10)8-7(6)11-5-12(2)9(8)14/h1,4-5H,10H2,2H3. The quantitative estimate of drug-likeness (QED) is 0.444. The number of rotatable bonds is 0. The van der Waals surface area contributed by atoms with Gasteiger partial charge in [0.25, 0.3) is 5.56 Å². The summed E-state index contributed by atoms with van der Waals surface area (Å²) in [5.74, 6) is 8.02. The van der Waals surface area contributed by atoms with Gasteiger partial charge in [0.15, 0.2) is 5.52 Å². The van der Waals surface area contributed by atoms with E-state index >= 15 is 0 Å². The normalized spacial score (nSPS) is 10.3. The minimum absolute atomic E-state index is 0.209. The Balaban J connectivity index is 3.06. The Kier molecular flexibility index (Phi) is 1.58. The molecule has 2 aromatic heterocycles. The van der Waals surface area contributed by atoms with Crippen molar-refractivity contribution in [2.24, 2.45) is 7.05 Å². The lowest BCUT2D eigenvalue weighted by Crippen LogP contribution is -2.21. The fraction of sp³-hybridized carbons (Fsp3) is 0.111. The van der Waals surface area contributed by atoms with E-state index in [9.17, 15) is 4.79 Å². The first-order chi connectivity index (χ1) is 6.65. The third kappa shape index (κ3) is 0.910. The first-order valence-electron chi connectivity index (χ1n) is 3.93. The molecule has 0 unspecified atom stereocenters. The van der Waals surface area contributed by atoms with Crippen molar-refractivity contribution in [2.45, 2.75) is 0 Å². The predicted molar refractivity (Wildman–Crippen MR) is 53.1 cm³/mol. The lowest BCUT2D eigenvalue weighted by Gasteiger charge is -1.97. The van der Waals surface area contributed by atoms with Gasteiger partial charge in [-0.1, -0.05) is 5.92 Å². The van der Waals surface area contributed by atoms with Crippen LogP contribution in [0.25, 0.3) is 11.0 Å². The Hall–Kier alpha value is -2.22. The third-order valence-corrected chi connectivity index (χ3v) is 2.04. The van der Waals surface area contributed by atoms with Gasteiger partial charge in [-0.2, -0.15) is 0 Å². The van der Waals surface area contributed by atoms with E-state index in [1.54, 1.807) is 7.05 Å². The van der Waals surface area contributed by atoms with E-state index in [-0.39, 0.29) is 5.56 Å². The zero-order chi connectivity index (χ0) is 10.3. The zero-order valence-electron chi connectivity index (χ0n) is 7.56. The lowest BCUT2D eigenvalue weighted by molar-refractivity contribution is 0.833. The molecule has 5 nitrogen and oxygen atoms in total. The van der Waals surface area contributed by atoms with E-state index in [0.29, 0.717) is 16.6 Å². The second-order valence-corrected chi connectivity index (χ2v) is 2.95. The maximum atomic E-state index is 11.6. The van der Waals surface area contributed by atoms with Crippen LogP contribution in [0.1, 0.15) is 5.56 Å². The molecule has 0 atom stereocenters. The number of hydrogen-bond donors (Lipinski definition) is 1. The molecule has 5 heteroatoms. The molecule has 14 heavy (non-hydrogen) atoms. The zero-order valence-corrected chi connectivity index (χ0v) is 7.56. The summed E-state index contributed by atoms with van der Waals surface area (Å²) >= 11 is 0. The van der Waals surface area contributed by atoms with Crippen LogP contribution in [0.3, 0.4) is 0 Å².